The minimum absolute atomic E-state index is 0.218. The lowest BCUT2D eigenvalue weighted by molar-refractivity contribution is -0.140. The van der Waals surface area contributed by atoms with E-state index >= 15 is 0 Å². The van der Waals surface area contributed by atoms with Crippen molar-refractivity contribution in [2.24, 2.45) is 11.3 Å². The third-order valence-corrected chi connectivity index (χ3v) is 3.45. The molecule has 3 unspecified atom stereocenters. The number of carboxylic acids is 1. The largest absolute Gasteiger partial charge is 0.481 e. The molecule has 3 atom stereocenters. The Morgan fingerprint density at radius 2 is 2.17 bits per heavy atom. The number of hydrogen-bond acceptors (Lipinski definition) is 2. The van der Waals surface area contributed by atoms with Crippen LogP contribution in [0.1, 0.15) is 32.1 Å². The number of rotatable bonds is 1. The van der Waals surface area contributed by atoms with E-state index in [1.807, 2.05) is 0 Å². The zero-order valence-electron chi connectivity index (χ0n) is 6.99. The summed E-state index contributed by atoms with van der Waals surface area (Å²) in [6, 6.07) is 0. The topological polar surface area (TPSA) is 57.5 Å². The van der Waals surface area contributed by atoms with Crippen molar-refractivity contribution in [3.8, 4) is 0 Å². The van der Waals surface area contributed by atoms with Crippen LogP contribution in [0.3, 0.4) is 0 Å². The maximum absolute atomic E-state index is 10.7. The molecule has 0 aromatic rings. The van der Waals surface area contributed by atoms with Gasteiger partial charge in [-0.05, 0) is 19.3 Å². The lowest BCUT2D eigenvalue weighted by Crippen LogP contribution is -2.29. The molecule has 0 aliphatic heterocycles. The molecule has 3 nitrogen and oxygen atoms in total. The summed E-state index contributed by atoms with van der Waals surface area (Å²) in [4.78, 5) is 10.7. The molecule has 0 aromatic carbocycles. The van der Waals surface area contributed by atoms with Gasteiger partial charge in [-0.25, -0.2) is 0 Å². The number of carbonyl (C=O) groups is 1. The minimum Gasteiger partial charge on any atom is -0.481 e. The highest BCUT2D eigenvalue weighted by Crippen LogP contribution is 2.61. The summed E-state index contributed by atoms with van der Waals surface area (Å²) in [5.41, 5.74) is -0.218. The van der Waals surface area contributed by atoms with Gasteiger partial charge in [0.2, 0.25) is 0 Å². The van der Waals surface area contributed by atoms with Gasteiger partial charge >= 0.3 is 5.97 Å². The van der Waals surface area contributed by atoms with Crippen LogP contribution in [-0.4, -0.2) is 22.3 Å². The van der Waals surface area contributed by atoms with Gasteiger partial charge in [0.05, 0.1) is 12.0 Å². The standard InChI is InChI=1S/C9H14O3/c10-7-3-1-2-4-9(7)5-6(9)8(11)12/h6-7,10H,1-5H2,(H,11,12). The van der Waals surface area contributed by atoms with Crippen molar-refractivity contribution < 1.29 is 15.0 Å². The first-order valence-electron chi connectivity index (χ1n) is 4.58. The number of carboxylic acid groups (broad SMARTS) is 1. The van der Waals surface area contributed by atoms with Gasteiger partial charge in [0.25, 0.3) is 0 Å². The summed E-state index contributed by atoms with van der Waals surface area (Å²) in [5, 5.41) is 18.4. The van der Waals surface area contributed by atoms with Crippen LogP contribution in [0.5, 0.6) is 0 Å². The molecule has 3 heteroatoms. The number of aliphatic hydroxyl groups is 1. The van der Waals surface area contributed by atoms with Gasteiger partial charge in [0.1, 0.15) is 0 Å². The van der Waals surface area contributed by atoms with E-state index < -0.39 is 5.97 Å². The molecule has 0 amide bonds. The third kappa shape index (κ3) is 0.959. The molecule has 0 bridgehead atoms. The van der Waals surface area contributed by atoms with E-state index in [4.69, 9.17) is 5.11 Å². The number of hydrogen-bond donors (Lipinski definition) is 2. The van der Waals surface area contributed by atoms with Crippen LogP contribution < -0.4 is 0 Å². The molecule has 0 saturated heterocycles. The van der Waals surface area contributed by atoms with E-state index in [1.54, 1.807) is 0 Å². The quantitative estimate of drug-likeness (QED) is 0.617. The van der Waals surface area contributed by atoms with Crippen LogP contribution >= 0.6 is 0 Å². The second-order valence-corrected chi connectivity index (χ2v) is 4.09. The molecule has 0 heterocycles. The van der Waals surface area contributed by atoms with Gasteiger partial charge in [0.15, 0.2) is 0 Å². The van der Waals surface area contributed by atoms with Crippen molar-refractivity contribution in [2.75, 3.05) is 0 Å². The predicted octanol–water partition coefficient (Wildman–Crippen LogP) is 1.01. The van der Waals surface area contributed by atoms with Crippen molar-refractivity contribution in [3.63, 3.8) is 0 Å². The van der Waals surface area contributed by atoms with Gasteiger partial charge in [-0.1, -0.05) is 12.8 Å². The van der Waals surface area contributed by atoms with Crippen molar-refractivity contribution in [1.82, 2.24) is 0 Å². The van der Waals surface area contributed by atoms with Gasteiger partial charge < -0.3 is 10.2 Å². The van der Waals surface area contributed by atoms with E-state index in [0.717, 1.165) is 25.7 Å². The van der Waals surface area contributed by atoms with Crippen LogP contribution in [0.15, 0.2) is 0 Å². The van der Waals surface area contributed by atoms with E-state index in [1.165, 1.54) is 0 Å². The van der Waals surface area contributed by atoms with E-state index in [9.17, 15) is 9.90 Å². The van der Waals surface area contributed by atoms with E-state index in [0.29, 0.717) is 6.42 Å². The highest BCUT2D eigenvalue weighted by molar-refractivity contribution is 5.75. The fourth-order valence-corrected chi connectivity index (χ4v) is 2.54. The Balaban J connectivity index is 2.07. The summed E-state index contributed by atoms with van der Waals surface area (Å²) < 4.78 is 0. The highest BCUT2D eigenvalue weighted by atomic mass is 16.4. The Labute approximate surface area is 71.4 Å². The molecule has 2 aliphatic rings. The fraction of sp³-hybridized carbons (Fsp3) is 0.889. The molecule has 2 saturated carbocycles. The molecular weight excluding hydrogens is 156 g/mol. The molecule has 2 aliphatic carbocycles. The summed E-state index contributed by atoms with van der Waals surface area (Å²) in [6.45, 7) is 0. The lowest BCUT2D eigenvalue weighted by atomic mass is 9.82. The monoisotopic (exact) mass is 170 g/mol. The molecule has 0 radical (unpaired) electrons. The summed E-state index contributed by atoms with van der Waals surface area (Å²) in [6.07, 6.45) is 4.18. The molecular formula is C9H14O3. The summed E-state index contributed by atoms with van der Waals surface area (Å²) >= 11 is 0. The lowest BCUT2D eigenvalue weighted by Gasteiger charge is -2.27. The first-order chi connectivity index (χ1) is 5.67. The Morgan fingerprint density at radius 3 is 2.67 bits per heavy atom. The zero-order chi connectivity index (χ0) is 8.77. The van der Waals surface area contributed by atoms with E-state index in [2.05, 4.69) is 0 Å². The Morgan fingerprint density at radius 1 is 1.42 bits per heavy atom. The van der Waals surface area contributed by atoms with Crippen LogP contribution in [0.2, 0.25) is 0 Å². The highest BCUT2D eigenvalue weighted by Gasteiger charge is 2.62. The maximum Gasteiger partial charge on any atom is 0.307 e. The summed E-state index contributed by atoms with van der Waals surface area (Å²) in [7, 11) is 0. The van der Waals surface area contributed by atoms with Gasteiger partial charge in [-0.2, -0.15) is 0 Å². The van der Waals surface area contributed by atoms with Crippen molar-refractivity contribution >= 4 is 5.97 Å². The van der Waals surface area contributed by atoms with Crippen LogP contribution in [0.25, 0.3) is 0 Å². The molecule has 1 spiro atoms. The number of aliphatic hydroxyl groups excluding tert-OH is 1. The van der Waals surface area contributed by atoms with Gasteiger partial charge in [-0.3, -0.25) is 4.79 Å². The van der Waals surface area contributed by atoms with Crippen molar-refractivity contribution in [2.45, 2.75) is 38.2 Å². The fourth-order valence-electron chi connectivity index (χ4n) is 2.54. The van der Waals surface area contributed by atoms with Gasteiger partial charge in [0, 0.05) is 5.41 Å². The Hall–Kier alpha value is -0.570. The third-order valence-electron chi connectivity index (χ3n) is 3.45. The zero-order valence-corrected chi connectivity index (χ0v) is 6.99. The van der Waals surface area contributed by atoms with E-state index in [-0.39, 0.29) is 17.4 Å². The van der Waals surface area contributed by atoms with Crippen LogP contribution in [0.4, 0.5) is 0 Å². The SMILES string of the molecule is O=C(O)C1CC12CCCCC2O. The van der Waals surface area contributed by atoms with Crippen LogP contribution in [0, 0.1) is 11.3 Å². The first-order valence-corrected chi connectivity index (χ1v) is 4.58. The Bertz CT molecular complexity index is 214. The van der Waals surface area contributed by atoms with Crippen molar-refractivity contribution in [3.05, 3.63) is 0 Å². The molecule has 0 aromatic heterocycles. The average Bonchev–Trinajstić information content (AvgIpc) is 2.72. The number of aliphatic carboxylic acids is 1. The summed E-state index contributed by atoms with van der Waals surface area (Å²) in [5.74, 6) is -0.983. The molecule has 12 heavy (non-hydrogen) atoms. The smallest absolute Gasteiger partial charge is 0.307 e. The second-order valence-electron chi connectivity index (χ2n) is 4.09. The molecule has 2 fully saturated rings. The predicted molar refractivity (Wildman–Crippen MR) is 42.7 cm³/mol. The average molecular weight is 170 g/mol. The first kappa shape index (κ1) is 8.05. The van der Waals surface area contributed by atoms with Crippen LogP contribution in [-0.2, 0) is 4.79 Å². The molecule has 68 valence electrons. The van der Waals surface area contributed by atoms with Gasteiger partial charge in [-0.15, -0.1) is 0 Å². The second kappa shape index (κ2) is 2.46. The minimum atomic E-state index is -0.726. The normalized spacial score (nSPS) is 46.1. The maximum atomic E-state index is 10.7. The molecule has 2 rings (SSSR count). The molecule has 2 N–H and O–H groups in total. The Kier molecular flexibility index (Phi) is 1.65. The van der Waals surface area contributed by atoms with Crippen molar-refractivity contribution in [1.29, 1.82) is 0 Å².